The molecule has 0 N–H and O–H groups in total. The fourth-order valence-corrected chi connectivity index (χ4v) is 1.47. The van der Waals surface area contributed by atoms with Crippen LogP contribution in [0.3, 0.4) is 0 Å². The van der Waals surface area contributed by atoms with Crippen molar-refractivity contribution in [3.63, 3.8) is 0 Å². The summed E-state index contributed by atoms with van der Waals surface area (Å²) in [6.45, 7) is 0. The van der Waals surface area contributed by atoms with E-state index in [1.807, 2.05) is 30.3 Å². The van der Waals surface area contributed by atoms with Gasteiger partial charge < -0.3 is 4.74 Å². The molecular weight excluding hydrogens is 200 g/mol. The van der Waals surface area contributed by atoms with Crippen LogP contribution in [0.25, 0.3) is 5.69 Å². The Kier molecular flexibility index (Phi) is 2.41. The molecule has 0 atom stereocenters. The third kappa shape index (κ3) is 1.46. The molecule has 0 bridgehead atoms. The molecule has 0 aliphatic rings. The summed E-state index contributed by atoms with van der Waals surface area (Å²) in [6.07, 6.45) is 1.59. The van der Waals surface area contributed by atoms with Crippen LogP contribution in [-0.2, 0) is 0 Å². The second-order valence-corrected chi connectivity index (χ2v) is 3.11. The Morgan fingerprint density at radius 1 is 1.29 bits per heavy atom. The van der Waals surface area contributed by atoms with Crippen molar-refractivity contribution in [2.24, 2.45) is 0 Å². The molecule has 14 heavy (non-hydrogen) atoms. The van der Waals surface area contributed by atoms with Crippen molar-refractivity contribution in [3.05, 3.63) is 41.7 Å². The van der Waals surface area contributed by atoms with Gasteiger partial charge in [-0.15, -0.1) is 0 Å². The monoisotopic (exact) mass is 208 g/mol. The van der Waals surface area contributed by atoms with Crippen molar-refractivity contribution in [1.29, 1.82) is 0 Å². The molecule has 0 aliphatic carbocycles. The molecule has 0 fully saturated rings. The zero-order chi connectivity index (χ0) is 9.97. The van der Waals surface area contributed by atoms with Gasteiger partial charge in [-0.1, -0.05) is 29.8 Å². The molecule has 2 rings (SSSR count). The van der Waals surface area contributed by atoms with Crippen molar-refractivity contribution < 1.29 is 4.74 Å². The van der Waals surface area contributed by atoms with E-state index in [9.17, 15) is 0 Å². The van der Waals surface area contributed by atoms with Crippen LogP contribution in [0.1, 0.15) is 0 Å². The Balaban J connectivity index is 2.48. The Morgan fingerprint density at radius 3 is 2.57 bits per heavy atom. The maximum Gasteiger partial charge on any atom is 0.176 e. The molecule has 4 heteroatoms. The van der Waals surface area contributed by atoms with Crippen molar-refractivity contribution in [3.8, 4) is 11.4 Å². The Hall–Kier alpha value is -1.48. The predicted molar refractivity (Wildman–Crippen MR) is 55.1 cm³/mol. The molecule has 2 aromatic rings. The zero-order valence-corrected chi connectivity index (χ0v) is 8.40. The minimum absolute atomic E-state index is 0.485. The summed E-state index contributed by atoms with van der Waals surface area (Å²) in [5, 5.41) is 4.60. The molecule has 1 aromatic heterocycles. The van der Waals surface area contributed by atoms with Crippen LogP contribution in [-0.4, -0.2) is 16.9 Å². The minimum Gasteiger partial charge on any atom is -0.492 e. The molecule has 0 spiro atoms. The van der Waals surface area contributed by atoms with Gasteiger partial charge >= 0.3 is 0 Å². The lowest BCUT2D eigenvalue weighted by Gasteiger charge is -2.02. The van der Waals surface area contributed by atoms with E-state index in [1.54, 1.807) is 18.0 Å². The SMILES string of the molecule is COc1cnn(-c2ccccc2)c1Cl. The Bertz CT molecular complexity index is 425. The van der Waals surface area contributed by atoms with E-state index in [0.29, 0.717) is 10.9 Å². The first-order valence-corrected chi connectivity index (χ1v) is 4.53. The molecule has 72 valence electrons. The van der Waals surface area contributed by atoms with Gasteiger partial charge in [-0.25, -0.2) is 4.68 Å². The van der Waals surface area contributed by atoms with Gasteiger partial charge in [0.2, 0.25) is 0 Å². The number of rotatable bonds is 2. The standard InChI is InChI=1S/C10H9ClN2O/c1-14-9-7-12-13(10(9)11)8-5-3-2-4-6-8/h2-7H,1H3. The number of benzene rings is 1. The first kappa shape index (κ1) is 9.09. The van der Waals surface area contributed by atoms with Gasteiger partial charge in [-0.2, -0.15) is 5.10 Å². The summed E-state index contributed by atoms with van der Waals surface area (Å²) in [4.78, 5) is 0. The van der Waals surface area contributed by atoms with Gasteiger partial charge in [0.1, 0.15) is 0 Å². The predicted octanol–water partition coefficient (Wildman–Crippen LogP) is 2.53. The number of aromatic nitrogens is 2. The number of hydrogen-bond donors (Lipinski definition) is 0. The molecule has 0 saturated heterocycles. The molecular formula is C10H9ClN2O. The number of ether oxygens (including phenoxy) is 1. The van der Waals surface area contributed by atoms with Crippen LogP contribution in [0.15, 0.2) is 36.5 Å². The van der Waals surface area contributed by atoms with Crippen molar-refractivity contribution >= 4 is 11.6 Å². The summed E-state index contributed by atoms with van der Waals surface area (Å²) in [7, 11) is 1.57. The van der Waals surface area contributed by atoms with Crippen LogP contribution in [0.4, 0.5) is 0 Å². The van der Waals surface area contributed by atoms with E-state index >= 15 is 0 Å². The molecule has 0 radical (unpaired) electrons. The van der Waals surface area contributed by atoms with Crippen molar-refractivity contribution in [2.45, 2.75) is 0 Å². The number of para-hydroxylation sites is 1. The number of hydrogen-bond acceptors (Lipinski definition) is 2. The van der Waals surface area contributed by atoms with E-state index in [1.165, 1.54) is 0 Å². The molecule has 3 nitrogen and oxygen atoms in total. The quantitative estimate of drug-likeness (QED) is 0.759. The lowest BCUT2D eigenvalue weighted by molar-refractivity contribution is 0.415. The third-order valence-electron chi connectivity index (χ3n) is 1.90. The second kappa shape index (κ2) is 3.72. The van der Waals surface area contributed by atoms with E-state index < -0.39 is 0 Å². The molecule has 0 saturated carbocycles. The fourth-order valence-electron chi connectivity index (χ4n) is 1.20. The van der Waals surface area contributed by atoms with Crippen molar-refractivity contribution in [2.75, 3.05) is 7.11 Å². The molecule has 0 amide bonds. The highest BCUT2D eigenvalue weighted by atomic mass is 35.5. The minimum atomic E-state index is 0.485. The Morgan fingerprint density at radius 2 is 2.00 bits per heavy atom. The maximum atomic E-state index is 6.03. The van der Waals surface area contributed by atoms with Gasteiger partial charge in [0, 0.05) is 0 Å². The average Bonchev–Trinajstić information content (AvgIpc) is 2.61. The van der Waals surface area contributed by atoms with Gasteiger partial charge in [0.25, 0.3) is 0 Å². The van der Waals surface area contributed by atoms with E-state index in [2.05, 4.69) is 5.10 Å². The van der Waals surface area contributed by atoms with E-state index in [-0.39, 0.29) is 0 Å². The van der Waals surface area contributed by atoms with Crippen LogP contribution < -0.4 is 4.74 Å². The van der Waals surface area contributed by atoms with Crippen molar-refractivity contribution in [1.82, 2.24) is 9.78 Å². The molecule has 0 unspecified atom stereocenters. The fraction of sp³-hybridized carbons (Fsp3) is 0.100. The number of nitrogens with zero attached hydrogens (tertiary/aromatic N) is 2. The van der Waals surface area contributed by atoms with Crippen LogP contribution >= 0.6 is 11.6 Å². The smallest absolute Gasteiger partial charge is 0.176 e. The van der Waals surface area contributed by atoms with Gasteiger partial charge in [0.15, 0.2) is 10.9 Å². The zero-order valence-electron chi connectivity index (χ0n) is 7.64. The lowest BCUT2D eigenvalue weighted by atomic mass is 10.3. The lowest BCUT2D eigenvalue weighted by Crippen LogP contribution is -1.95. The summed E-state index contributed by atoms with van der Waals surface area (Å²) < 4.78 is 6.66. The Labute approximate surface area is 86.9 Å². The van der Waals surface area contributed by atoms with Gasteiger partial charge in [-0.05, 0) is 12.1 Å². The highest BCUT2D eigenvalue weighted by Gasteiger charge is 2.09. The first-order valence-electron chi connectivity index (χ1n) is 4.16. The molecule has 1 aromatic carbocycles. The first-order chi connectivity index (χ1) is 6.83. The summed E-state index contributed by atoms with van der Waals surface area (Å²) in [5.41, 5.74) is 0.917. The average molecular weight is 209 g/mol. The number of methoxy groups -OCH3 is 1. The third-order valence-corrected chi connectivity index (χ3v) is 2.25. The van der Waals surface area contributed by atoms with Gasteiger partial charge in [-0.3, -0.25) is 0 Å². The number of halogens is 1. The van der Waals surface area contributed by atoms with Crippen LogP contribution in [0.2, 0.25) is 5.15 Å². The van der Waals surface area contributed by atoms with Crippen LogP contribution in [0, 0.1) is 0 Å². The van der Waals surface area contributed by atoms with E-state index in [0.717, 1.165) is 5.69 Å². The van der Waals surface area contributed by atoms with Crippen LogP contribution in [0.5, 0.6) is 5.75 Å². The highest BCUT2D eigenvalue weighted by Crippen LogP contribution is 2.25. The normalized spacial score (nSPS) is 10.1. The maximum absolute atomic E-state index is 6.03. The summed E-state index contributed by atoms with van der Waals surface area (Å²) in [6, 6.07) is 9.66. The topological polar surface area (TPSA) is 27.1 Å². The van der Waals surface area contributed by atoms with E-state index in [4.69, 9.17) is 16.3 Å². The van der Waals surface area contributed by atoms with Gasteiger partial charge in [0.05, 0.1) is 19.0 Å². The summed E-state index contributed by atoms with van der Waals surface area (Å²) in [5.74, 6) is 0.579. The highest BCUT2D eigenvalue weighted by molar-refractivity contribution is 6.31. The molecule has 0 aliphatic heterocycles. The summed E-state index contributed by atoms with van der Waals surface area (Å²) >= 11 is 6.03. The second-order valence-electron chi connectivity index (χ2n) is 2.75. The molecule has 1 heterocycles. The largest absolute Gasteiger partial charge is 0.492 e.